The average molecular weight is 234 g/mol. The van der Waals surface area contributed by atoms with E-state index in [4.69, 9.17) is 10.8 Å². The van der Waals surface area contributed by atoms with Crippen molar-refractivity contribution in [2.75, 3.05) is 12.3 Å². The molecule has 1 heterocycles. The molecule has 1 aromatic rings. The zero-order chi connectivity index (χ0) is 11.6. The maximum absolute atomic E-state index is 11.7. The Labute approximate surface area is 87.9 Å². The molecule has 15 heavy (non-hydrogen) atoms. The summed E-state index contributed by atoms with van der Waals surface area (Å²) >= 11 is 0. The lowest BCUT2D eigenvalue weighted by Gasteiger charge is -2.10. The Hall–Kier alpha value is -1.12. The molecule has 4 N–H and O–H groups in total. The summed E-state index contributed by atoms with van der Waals surface area (Å²) in [5.41, 5.74) is 5.43. The molecule has 1 rings (SSSR count). The highest BCUT2D eigenvalue weighted by atomic mass is 32.2. The van der Waals surface area contributed by atoms with Gasteiger partial charge in [0.05, 0.1) is 6.61 Å². The first-order valence-electron chi connectivity index (χ1n) is 4.29. The van der Waals surface area contributed by atoms with E-state index in [2.05, 4.69) is 9.82 Å². The highest BCUT2D eigenvalue weighted by molar-refractivity contribution is 7.89. The number of nitrogens with two attached hydrogens (primary N) is 1. The molecule has 0 amide bonds. The zero-order valence-electron chi connectivity index (χ0n) is 8.51. The van der Waals surface area contributed by atoms with Crippen LogP contribution in [0, 0.1) is 0 Å². The van der Waals surface area contributed by atoms with Gasteiger partial charge in [-0.3, -0.25) is 4.68 Å². The molecule has 86 valence electrons. The van der Waals surface area contributed by atoms with E-state index in [1.54, 1.807) is 14.0 Å². The minimum absolute atomic E-state index is 0.0601. The molecule has 1 unspecified atom stereocenters. The monoisotopic (exact) mass is 234 g/mol. The van der Waals surface area contributed by atoms with Gasteiger partial charge in [-0.2, -0.15) is 5.10 Å². The Bertz CT molecular complexity index is 439. The molecule has 0 radical (unpaired) electrons. The fourth-order valence-corrected chi connectivity index (χ4v) is 2.40. The van der Waals surface area contributed by atoms with E-state index in [1.807, 2.05) is 0 Å². The van der Waals surface area contributed by atoms with Crippen LogP contribution in [0.15, 0.2) is 11.1 Å². The molecular formula is C7H14N4O3S. The van der Waals surface area contributed by atoms with Crippen molar-refractivity contribution in [3.8, 4) is 0 Å². The summed E-state index contributed by atoms with van der Waals surface area (Å²) in [4.78, 5) is -0.0784. The van der Waals surface area contributed by atoms with E-state index in [-0.39, 0.29) is 17.3 Å². The first-order chi connectivity index (χ1) is 6.86. The van der Waals surface area contributed by atoms with Crippen LogP contribution in [0.25, 0.3) is 0 Å². The van der Waals surface area contributed by atoms with Gasteiger partial charge in [0.1, 0.15) is 4.90 Å². The van der Waals surface area contributed by atoms with Crippen molar-refractivity contribution < 1.29 is 13.5 Å². The fraction of sp³-hybridized carbons (Fsp3) is 0.571. The van der Waals surface area contributed by atoms with Crippen LogP contribution in [0.1, 0.15) is 6.92 Å². The normalized spacial score (nSPS) is 14.1. The van der Waals surface area contributed by atoms with Gasteiger partial charge in [0.25, 0.3) is 0 Å². The Morgan fingerprint density at radius 2 is 2.33 bits per heavy atom. The van der Waals surface area contributed by atoms with Crippen molar-refractivity contribution in [2.45, 2.75) is 17.9 Å². The van der Waals surface area contributed by atoms with Crippen molar-refractivity contribution in [3.63, 3.8) is 0 Å². The predicted molar refractivity (Wildman–Crippen MR) is 54.5 cm³/mol. The third-order valence-corrected chi connectivity index (χ3v) is 3.35. The first kappa shape index (κ1) is 12.0. The second-order valence-corrected chi connectivity index (χ2v) is 4.94. The van der Waals surface area contributed by atoms with Gasteiger partial charge < -0.3 is 10.8 Å². The molecule has 0 aliphatic carbocycles. The van der Waals surface area contributed by atoms with E-state index >= 15 is 0 Å². The van der Waals surface area contributed by atoms with Crippen molar-refractivity contribution in [3.05, 3.63) is 6.20 Å². The SMILES string of the molecule is CC(CO)NS(=O)(=O)c1cn(C)nc1N. The molecule has 0 saturated carbocycles. The molecule has 0 aliphatic heterocycles. The van der Waals surface area contributed by atoms with Crippen molar-refractivity contribution in [1.29, 1.82) is 0 Å². The first-order valence-corrected chi connectivity index (χ1v) is 5.77. The summed E-state index contributed by atoms with van der Waals surface area (Å²) in [5, 5.41) is 12.5. The number of aromatic nitrogens is 2. The largest absolute Gasteiger partial charge is 0.395 e. The second kappa shape index (κ2) is 4.17. The molecule has 0 saturated heterocycles. The van der Waals surface area contributed by atoms with E-state index in [9.17, 15) is 8.42 Å². The summed E-state index contributed by atoms with van der Waals surface area (Å²) in [6, 6.07) is -0.561. The summed E-state index contributed by atoms with van der Waals surface area (Å²) in [5.74, 6) is -0.0601. The van der Waals surface area contributed by atoms with Gasteiger partial charge in [-0.05, 0) is 6.92 Å². The molecular weight excluding hydrogens is 220 g/mol. The highest BCUT2D eigenvalue weighted by Gasteiger charge is 2.22. The number of anilines is 1. The Morgan fingerprint density at radius 1 is 1.73 bits per heavy atom. The third kappa shape index (κ3) is 2.67. The average Bonchev–Trinajstić information content (AvgIpc) is 2.45. The predicted octanol–water partition coefficient (Wildman–Crippen LogP) is -1.34. The number of nitrogens with zero attached hydrogens (tertiary/aromatic N) is 2. The van der Waals surface area contributed by atoms with Crippen molar-refractivity contribution >= 4 is 15.8 Å². The van der Waals surface area contributed by atoms with E-state index in [0.717, 1.165) is 0 Å². The maximum atomic E-state index is 11.7. The van der Waals surface area contributed by atoms with Crippen molar-refractivity contribution in [1.82, 2.24) is 14.5 Å². The Balaban J connectivity index is 3.01. The van der Waals surface area contributed by atoms with Crippen LogP contribution in [0.5, 0.6) is 0 Å². The number of nitrogen functional groups attached to an aromatic ring is 1. The maximum Gasteiger partial charge on any atom is 0.246 e. The number of nitrogens with one attached hydrogen (secondary N) is 1. The molecule has 1 atom stereocenters. The summed E-state index contributed by atoms with van der Waals surface area (Å²) in [7, 11) is -2.13. The topological polar surface area (TPSA) is 110 Å². The zero-order valence-corrected chi connectivity index (χ0v) is 9.32. The highest BCUT2D eigenvalue weighted by Crippen LogP contribution is 2.15. The minimum atomic E-state index is -3.70. The van der Waals surface area contributed by atoms with Gasteiger partial charge in [-0.15, -0.1) is 0 Å². The van der Waals surface area contributed by atoms with Crippen LogP contribution in [-0.2, 0) is 17.1 Å². The lowest BCUT2D eigenvalue weighted by molar-refractivity contribution is 0.265. The lowest BCUT2D eigenvalue weighted by atomic mass is 10.4. The summed E-state index contributed by atoms with van der Waals surface area (Å²) in [6.07, 6.45) is 1.31. The van der Waals surface area contributed by atoms with Crippen LogP contribution in [0.2, 0.25) is 0 Å². The molecule has 8 heteroatoms. The molecule has 1 aromatic heterocycles. The number of aliphatic hydroxyl groups excluding tert-OH is 1. The van der Waals surface area contributed by atoms with Crippen LogP contribution < -0.4 is 10.5 Å². The number of aliphatic hydroxyl groups is 1. The summed E-state index contributed by atoms with van der Waals surface area (Å²) in [6.45, 7) is 1.27. The van der Waals surface area contributed by atoms with Gasteiger partial charge in [0.15, 0.2) is 5.82 Å². The smallest absolute Gasteiger partial charge is 0.246 e. The number of hydrogen-bond acceptors (Lipinski definition) is 5. The van der Waals surface area contributed by atoms with Gasteiger partial charge in [0.2, 0.25) is 10.0 Å². The number of sulfonamides is 1. The van der Waals surface area contributed by atoms with E-state index < -0.39 is 16.1 Å². The van der Waals surface area contributed by atoms with Crippen molar-refractivity contribution in [2.24, 2.45) is 7.05 Å². The van der Waals surface area contributed by atoms with Crippen LogP contribution >= 0.6 is 0 Å². The van der Waals surface area contributed by atoms with Gasteiger partial charge >= 0.3 is 0 Å². The second-order valence-electron chi connectivity index (χ2n) is 3.26. The molecule has 0 bridgehead atoms. The molecule has 7 nitrogen and oxygen atoms in total. The van der Waals surface area contributed by atoms with Gasteiger partial charge in [0, 0.05) is 19.3 Å². The lowest BCUT2D eigenvalue weighted by Crippen LogP contribution is -2.35. The fourth-order valence-electron chi connectivity index (χ4n) is 1.06. The summed E-state index contributed by atoms with van der Waals surface area (Å²) < 4.78 is 26.9. The van der Waals surface area contributed by atoms with E-state index in [0.29, 0.717) is 0 Å². The molecule has 0 spiro atoms. The van der Waals surface area contributed by atoms with Gasteiger partial charge in [-0.1, -0.05) is 0 Å². The van der Waals surface area contributed by atoms with Gasteiger partial charge in [-0.25, -0.2) is 13.1 Å². The third-order valence-electron chi connectivity index (χ3n) is 1.74. The quantitative estimate of drug-likeness (QED) is 0.597. The number of hydrogen-bond donors (Lipinski definition) is 3. The molecule has 0 aliphatic rings. The standard InChI is InChI=1S/C7H14N4O3S/c1-5(4-12)10-15(13,14)6-3-11(2)9-7(6)8/h3,5,10,12H,4H2,1-2H3,(H2,8,9). The van der Waals surface area contributed by atoms with Crippen LogP contribution in [0.3, 0.4) is 0 Å². The number of aryl methyl sites for hydroxylation is 1. The number of rotatable bonds is 4. The molecule has 0 aromatic carbocycles. The Morgan fingerprint density at radius 3 is 2.73 bits per heavy atom. The van der Waals surface area contributed by atoms with E-state index in [1.165, 1.54) is 10.9 Å². The van der Waals surface area contributed by atoms with Crippen LogP contribution in [0.4, 0.5) is 5.82 Å². The minimum Gasteiger partial charge on any atom is -0.395 e. The van der Waals surface area contributed by atoms with Crippen LogP contribution in [-0.4, -0.2) is 36.0 Å². The molecule has 0 fully saturated rings. The Kier molecular flexibility index (Phi) is 3.32.